The number of piperidine rings is 1. The van der Waals surface area contributed by atoms with Crippen molar-refractivity contribution in [3.63, 3.8) is 0 Å². The highest BCUT2D eigenvalue weighted by Gasteiger charge is 2.26. The third kappa shape index (κ3) is 9.86. The number of phenols is 1. The van der Waals surface area contributed by atoms with Crippen LogP contribution >= 0.6 is 90.4 Å². The number of nitrogens with two attached hydrogens (primary N) is 1. The summed E-state index contributed by atoms with van der Waals surface area (Å²) in [6.07, 6.45) is 6.07. The van der Waals surface area contributed by atoms with Crippen molar-refractivity contribution in [1.82, 2.24) is 19.6 Å². The summed E-state index contributed by atoms with van der Waals surface area (Å²) >= 11 is 8.42. The number of ether oxygens (including phenoxy) is 1. The number of aromatic hydroxyl groups is 1. The molecular weight excluding hydrogens is 1150 g/mol. The average Bonchev–Trinajstić information content (AvgIpc) is 3.55. The van der Waals surface area contributed by atoms with Gasteiger partial charge in [0.1, 0.15) is 29.2 Å². The first-order chi connectivity index (χ1) is 25.8. The summed E-state index contributed by atoms with van der Waals surface area (Å²) in [7, 11) is 0. The molecular formula is C38H38FI4N5O6. The van der Waals surface area contributed by atoms with E-state index in [1.807, 2.05) is 23.6 Å². The van der Waals surface area contributed by atoms with Gasteiger partial charge in [0, 0.05) is 48.1 Å². The fraction of sp³-hybridized carbons (Fsp3) is 0.368. The highest BCUT2D eigenvalue weighted by atomic mass is 127. The lowest BCUT2D eigenvalue weighted by atomic mass is 9.91. The molecule has 0 saturated carbocycles. The van der Waals surface area contributed by atoms with E-state index in [2.05, 4.69) is 100 Å². The molecule has 7 rings (SSSR count). The van der Waals surface area contributed by atoms with Crippen molar-refractivity contribution < 1.29 is 28.7 Å². The Balaban J connectivity index is 0.000000190. The van der Waals surface area contributed by atoms with Crippen LogP contribution in [0.15, 0.2) is 51.8 Å². The number of halogens is 5. The number of hydrogen-bond acceptors (Lipinski definition) is 9. The Morgan fingerprint density at radius 1 is 1.04 bits per heavy atom. The number of carboxylic acids is 1. The number of aromatic nitrogens is 3. The summed E-state index contributed by atoms with van der Waals surface area (Å²) < 4.78 is 29.8. The van der Waals surface area contributed by atoms with E-state index in [0.717, 1.165) is 106 Å². The molecule has 0 radical (unpaired) electrons. The number of rotatable bonds is 9. The second kappa shape index (κ2) is 18.4. The molecule has 2 aliphatic rings. The van der Waals surface area contributed by atoms with Crippen molar-refractivity contribution in [1.29, 1.82) is 0 Å². The van der Waals surface area contributed by atoms with Crippen LogP contribution in [-0.2, 0) is 30.6 Å². The summed E-state index contributed by atoms with van der Waals surface area (Å²) in [6, 6.07) is 11.0. The number of benzene rings is 3. The molecule has 4 heterocycles. The van der Waals surface area contributed by atoms with Crippen molar-refractivity contribution >= 4 is 107 Å². The molecule has 54 heavy (non-hydrogen) atoms. The first-order valence-electron chi connectivity index (χ1n) is 17.5. The molecule has 3 aromatic carbocycles. The number of likely N-dealkylation sites (tertiary alicyclic amines) is 1. The van der Waals surface area contributed by atoms with E-state index in [9.17, 15) is 19.1 Å². The molecule has 4 N–H and O–H groups in total. The lowest BCUT2D eigenvalue weighted by Crippen LogP contribution is -2.37. The van der Waals surface area contributed by atoms with Gasteiger partial charge in [0.2, 0.25) is 0 Å². The minimum absolute atomic E-state index is 0.161. The van der Waals surface area contributed by atoms with Crippen LogP contribution in [0.5, 0.6) is 17.2 Å². The van der Waals surface area contributed by atoms with E-state index in [1.165, 1.54) is 12.1 Å². The molecule has 1 fully saturated rings. The molecule has 5 aromatic rings. The number of phenolic OH excluding ortho intramolecular Hbond substituents is 1. The van der Waals surface area contributed by atoms with Crippen LogP contribution in [-0.4, -0.2) is 61.5 Å². The summed E-state index contributed by atoms with van der Waals surface area (Å²) in [5, 5.41) is 23.9. The van der Waals surface area contributed by atoms with E-state index < -0.39 is 12.0 Å². The summed E-state index contributed by atoms with van der Waals surface area (Å²) in [4.78, 5) is 31.0. The largest absolute Gasteiger partial charge is 0.506 e. The van der Waals surface area contributed by atoms with Crippen LogP contribution in [0.4, 0.5) is 4.39 Å². The molecule has 0 bridgehead atoms. The molecule has 2 aromatic heterocycles. The van der Waals surface area contributed by atoms with Gasteiger partial charge < -0.3 is 30.1 Å². The van der Waals surface area contributed by atoms with E-state index in [1.54, 1.807) is 18.2 Å². The second-order valence-corrected chi connectivity index (χ2v) is 18.1. The quantitative estimate of drug-likeness (QED) is 0.123. The maximum Gasteiger partial charge on any atom is 0.320 e. The van der Waals surface area contributed by atoms with Gasteiger partial charge in [-0.2, -0.15) is 0 Å². The summed E-state index contributed by atoms with van der Waals surface area (Å²) in [6.45, 7) is 5.55. The number of hydrogen-bond donors (Lipinski definition) is 3. The molecule has 16 heteroatoms. The van der Waals surface area contributed by atoms with E-state index in [0.29, 0.717) is 30.1 Å². The highest BCUT2D eigenvalue weighted by Crippen LogP contribution is 2.37. The minimum Gasteiger partial charge on any atom is -0.506 e. The van der Waals surface area contributed by atoms with Crippen molar-refractivity contribution in [2.24, 2.45) is 5.73 Å². The molecule has 1 atom stereocenters. The number of aryl methyl sites for hydroxylation is 2. The van der Waals surface area contributed by atoms with Gasteiger partial charge in [-0.1, -0.05) is 5.16 Å². The van der Waals surface area contributed by atoms with Crippen molar-refractivity contribution in [3.8, 4) is 17.2 Å². The van der Waals surface area contributed by atoms with Gasteiger partial charge in [-0.25, -0.2) is 9.37 Å². The predicted octanol–water partition coefficient (Wildman–Crippen LogP) is 8.15. The van der Waals surface area contributed by atoms with Crippen LogP contribution in [0.3, 0.4) is 0 Å². The Kier molecular flexibility index (Phi) is 14.1. The first kappa shape index (κ1) is 41.5. The fourth-order valence-electron chi connectivity index (χ4n) is 6.83. The first-order valence-corrected chi connectivity index (χ1v) is 21.8. The summed E-state index contributed by atoms with van der Waals surface area (Å²) in [5.74, 6) is 1.52. The molecule has 0 unspecified atom stereocenters. The van der Waals surface area contributed by atoms with E-state index in [4.69, 9.17) is 25.1 Å². The molecule has 286 valence electrons. The van der Waals surface area contributed by atoms with E-state index in [-0.39, 0.29) is 23.5 Å². The van der Waals surface area contributed by atoms with Gasteiger partial charge in [0.25, 0.3) is 5.56 Å². The monoisotopic (exact) mass is 1190 g/mol. The topological polar surface area (TPSA) is 157 Å². The number of fused-ring (bicyclic) bond motifs is 2. The third-order valence-electron chi connectivity index (χ3n) is 9.74. The third-order valence-corrected chi connectivity index (χ3v) is 13.0. The van der Waals surface area contributed by atoms with Crippen molar-refractivity contribution in [2.75, 3.05) is 19.6 Å². The number of nitrogens with zero attached hydrogens (tertiary/aromatic N) is 4. The SMILES string of the molecule is Cc1nc2n(c(=O)c1CCN1CCC(c3noc4cc(F)ccc34)CC1)CCCC2.N[C@@H](Cc1cc(I)c(Oc2cc(I)c(O)c(I)c2)c(I)c1)C(=O)O. The van der Waals surface area contributed by atoms with Gasteiger partial charge in [0.15, 0.2) is 11.3 Å². The maximum absolute atomic E-state index is 13.4. The fourth-order valence-corrected chi connectivity index (χ4v) is 10.7. The Labute approximate surface area is 366 Å². The number of carboxylic acid groups (broad SMARTS) is 1. The van der Waals surface area contributed by atoms with Crippen LogP contribution in [0.2, 0.25) is 0 Å². The smallest absolute Gasteiger partial charge is 0.320 e. The molecule has 0 aliphatic carbocycles. The Hall–Kier alpha value is -2.15. The number of aliphatic carboxylic acids is 1. The van der Waals surface area contributed by atoms with Crippen LogP contribution < -0.4 is 16.0 Å². The lowest BCUT2D eigenvalue weighted by molar-refractivity contribution is -0.138. The van der Waals surface area contributed by atoms with Crippen LogP contribution in [0, 0.1) is 27.0 Å². The Morgan fingerprint density at radius 3 is 2.39 bits per heavy atom. The van der Waals surface area contributed by atoms with Crippen LogP contribution in [0.25, 0.3) is 11.0 Å². The second-order valence-electron chi connectivity index (χ2n) is 13.5. The molecule has 11 nitrogen and oxygen atoms in total. The predicted molar refractivity (Wildman–Crippen MR) is 237 cm³/mol. The molecule has 0 amide bonds. The zero-order valence-corrected chi connectivity index (χ0v) is 37.9. The standard InChI is InChI=1S/C23H27FN4O2.C15H11I4NO4/c1-15-18(23(29)28-10-3-2-4-21(28)25-15)9-13-27-11-7-16(8-12-27)22-19-6-5-17(24)14-20(19)30-26-22;16-8-4-7(5-9(17)13(8)21)24-14-10(18)1-6(2-11(14)19)3-12(20)15(22)23/h5-6,14,16H,2-4,7-13H2,1H3;1-2,4-5,12,21H,3,20H2,(H,22,23)/t;12-/m.0/s1. The minimum atomic E-state index is -1.02. The molecule has 0 spiro atoms. The average molecular weight is 1190 g/mol. The van der Waals surface area contributed by atoms with Gasteiger partial charge >= 0.3 is 5.97 Å². The highest BCUT2D eigenvalue weighted by molar-refractivity contribution is 14.1. The molecule has 2 aliphatic heterocycles. The number of carbonyl (C=O) groups is 1. The lowest BCUT2D eigenvalue weighted by Gasteiger charge is -2.31. The van der Waals surface area contributed by atoms with Crippen LogP contribution in [0.1, 0.15) is 59.9 Å². The maximum atomic E-state index is 13.4. The van der Waals surface area contributed by atoms with Crippen molar-refractivity contribution in [3.05, 3.63) is 101 Å². The Morgan fingerprint density at radius 2 is 1.72 bits per heavy atom. The zero-order chi connectivity index (χ0) is 38.7. The van der Waals surface area contributed by atoms with Gasteiger partial charge in [-0.05, 0) is 191 Å². The summed E-state index contributed by atoms with van der Waals surface area (Å²) in [5.41, 5.74) is 9.83. The normalized spacial score (nSPS) is 15.4. The molecule has 1 saturated heterocycles. The zero-order valence-electron chi connectivity index (χ0n) is 29.3. The van der Waals surface area contributed by atoms with Gasteiger partial charge in [-0.15, -0.1) is 0 Å². The van der Waals surface area contributed by atoms with Crippen molar-refractivity contribution in [2.45, 2.75) is 70.4 Å². The van der Waals surface area contributed by atoms with Gasteiger partial charge in [0.05, 0.1) is 20.0 Å². The Bertz CT molecular complexity index is 2190. The van der Waals surface area contributed by atoms with Gasteiger partial charge in [-0.3, -0.25) is 14.2 Å². The van der Waals surface area contributed by atoms with E-state index >= 15 is 0 Å².